The van der Waals surface area contributed by atoms with Crippen molar-refractivity contribution in [1.82, 2.24) is 20.8 Å². The van der Waals surface area contributed by atoms with E-state index in [4.69, 9.17) is 23.2 Å². The van der Waals surface area contributed by atoms with Gasteiger partial charge in [0.15, 0.2) is 10.3 Å². The predicted molar refractivity (Wildman–Crippen MR) is 76.8 cm³/mol. The first-order valence-corrected chi connectivity index (χ1v) is 6.82. The number of aromatic nitrogens is 2. The fourth-order valence-electron chi connectivity index (χ4n) is 1.63. The molecule has 0 aliphatic heterocycles. The zero-order valence-electron chi connectivity index (χ0n) is 11.4. The Bertz CT molecular complexity index is 508. The van der Waals surface area contributed by atoms with Crippen LogP contribution in [0.4, 0.5) is 0 Å². The number of carbonyl (C=O) groups excluding carboxylic acids is 2. The maximum Gasteiger partial charge on any atom is 0.255 e. The second kappa shape index (κ2) is 7.40. The van der Waals surface area contributed by atoms with Gasteiger partial charge in [-0.3, -0.25) is 9.59 Å². The summed E-state index contributed by atoms with van der Waals surface area (Å²) in [5, 5.41) is 12.2. The van der Waals surface area contributed by atoms with Gasteiger partial charge >= 0.3 is 0 Å². The third-order valence-electron chi connectivity index (χ3n) is 2.54. The van der Waals surface area contributed by atoms with Crippen LogP contribution in [-0.4, -0.2) is 35.1 Å². The number of nitrogens with one attached hydrogen (secondary N) is 2. The molecule has 6 nitrogen and oxygen atoms in total. The number of hydrogen-bond acceptors (Lipinski definition) is 4. The highest BCUT2D eigenvalue weighted by Crippen LogP contribution is 2.16. The summed E-state index contributed by atoms with van der Waals surface area (Å²) in [5.74, 6) is -0.537. The molecule has 0 aliphatic carbocycles. The molecule has 1 atom stereocenters. The van der Waals surface area contributed by atoms with Gasteiger partial charge in [-0.2, -0.15) is 0 Å². The average Bonchev–Trinajstić information content (AvgIpc) is 2.39. The van der Waals surface area contributed by atoms with Crippen LogP contribution >= 0.6 is 23.2 Å². The highest BCUT2D eigenvalue weighted by molar-refractivity contribution is 6.34. The van der Waals surface area contributed by atoms with Crippen LogP contribution in [-0.2, 0) is 4.79 Å². The van der Waals surface area contributed by atoms with E-state index < -0.39 is 11.9 Å². The van der Waals surface area contributed by atoms with Crippen LogP contribution in [0.3, 0.4) is 0 Å². The zero-order valence-corrected chi connectivity index (χ0v) is 12.9. The molecule has 2 N–H and O–H groups in total. The second-order valence-corrected chi connectivity index (χ2v) is 5.39. The van der Waals surface area contributed by atoms with E-state index in [1.807, 2.05) is 13.8 Å². The van der Waals surface area contributed by atoms with Crippen molar-refractivity contribution in [2.45, 2.75) is 26.3 Å². The molecule has 0 fully saturated rings. The normalized spacial score (nSPS) is 12.1. The van der Waals surface area contributed by atoms with Crippen LogP contribution in [0.5, 0.6) is 0 Å². The summed E-state index contributed by atoms with van der Waals surface area (Å²) < 4.78 is 0. The monoisotopic (exact) mass is 318 g/mol. The molecule has 0 radical (unpaired) electrons. The van der Waals surface area contributed by atoms with Crippen molar-refractivity contribution in [2.24, 2.45) is 5.92 Å². The number of hydrogen-bond donors (Lipinski definition) is 2. The van der Waals surface area contributed by atoms with E-state index >= 15 is 0 Å². The summed E-state index contributed by atoms with van der Waals surface area (Å²) in [4.78, 5) is 23.9. The minimum absolute atomic E-state index is 0.0555. The van der Waals surface area contributed by atoms with Gasteiger partial charge in [-0.1, -0.05) is 37.0 Å². The lowest BCUT2D eigenvalue weighted by atomic mass is 10.0. The van der Waals surface area contributed by atoms with E-state index in [9.17, 15) is 9.59 Å². The molecule has 1 heterocycles. The van der Waals surface area contributed by atoms with Gasteiger partial charge < -0.3 is 10.6 Å². The lowest BCUT2D eigenvalue weighted by Crippen LogP contribution is -2.46. The van der Waals surface area contributed by atoms with Crippen molar-refractivity contribution in [3.63, 3.8) is 0 Å². The minimum atomic E-state index is -0.643. The first kappa shape index (κ1) is 16.7. The topological polar surface area (TPSA) is 84.0 Å². The van der Waals surface area contributed by atoms with Gasteiger partial charge in [0.05, 0.1) is 5.56 Å². The summed E-state index contributed by atoms with van der Waals surface area (Å²) in [7, 11) is 1.51. The van der Waals surface area contributed by atoms with Crippen LogP contribution in [0.25, 0.3) is 0 Å². The van der Waals surface area contributed by atoms with Gasteiger partial charge in [0.2, 0.25) is 5.91 Å². The Morgan fingerprint density at radius 3 is 2.50 bits per heavy atom. The largest absolute Gasteiger partial charge is 0.357 e. The molecule has 0 saturated heterocycles. The fourth-order valence-corrected chi connectivity index (χ4v) is 1.95. The van der Waals surface area contributed by atoms with Crippen LogP contribution in [0.15, 0.2) is 6.07 Å². The van der Waals surface area contributed by atoms with Crippen molar-refractivity contribution < 1.29 is 9.59 Å². The third kappa shape index (κ3) is 4.61. The summed E-state index contributed by atoms with van der Waals surface area (Å²) in [5.41, 5.74) is 0.0873. The van der Waals surface area contributed by atoms with E-state index in [1.165, 1.54) is 13.1 Å². The standard InChI is InChI=1S/C12H16Cl2N4O2/c1-6(2)4-8(12(20)15-3)16-11(19)7-5-9(13)17-18-10(7)14/h5-6,8H,4H2,1-3H3,(H,15,20)(H,16,19). The van der Waals surface area contributed by atoms with Crippen molar-refractivity contribution in [3.8, 4) is 0 Å². The first-order chi connectivity index (χ1) is 9.35. The molecule has 1 unspecified atom stereocenters. The number of carbonyl (C=O) groups is 2. The Hall–Kier alpha value is -1.40. The maximum absolute atomic E-state index is 12.1. The summed E-state index contributed by atoms with van der Waals surface area (Å²) in [6.07, 6.45) is 0.509. The molecule has 0 spiro atoms. The summed E-state index contributed by atoms with van der Waals surface area (Å²) >= 11 is 11.5. The summed E-state index contributed by atoms with van der Waals surface area (Å²) in [6, 6.07) is 0.665. The zero-order chi connectivity index (χ0) is 15.3. The van der Waals surface area contributed by atoms with Gasteiger partial charge in [-0.25, -0.2) is 0 Å². The lowest BCUT2D eigenvalue weighted by Gasteiger charge is -2.19. The van der Waals surface area contributed by atoms with Crippen LogP contribution in [0.1, 0.15) is 30.6 Å². The number of rotatable bonds is 5. The third-order valence-corrected chi connectivity index (χ3v) is 3.00. The molecule has 2 amide bonds. The van der Waals surface area contributed by atoms with Crippen LogP contribution < -0.4 is 10.6 Å². The molecule has 1 aromatic rings. The Morgan fingerprint density at radius 1 is 1.30 bits per heavy atom. The molecule has 8 heteroatoms. The Labute approximate surface area is 127 Å². The second-order valence-electron chi connectivity index (χ2n) is 4.64. The van der Waals surface area contributed by atoms with E-state index in [1.54, 1.807) is 0 Å². The number of halogens is 2. The number of amides is 2. The smallest absolute Gasteiger partial charge is 0.255 e. The van der Waals surface area contributed by atoms with Crippen molar-refractivity contribution in [2.75, 3.05) is 7.05 Å². The molecule has 0 aliphatic rings. The Balaban J connectivity index is 2.90. The van der Waals surface area contributed by atoms with Gasteiger partial charge in [0.25, 0.3) is 5.91 Å². The van der Waals surface area contributed by atoms with Crippen LogP contribution in [0, 0.1) is 5.92 Å². The van der Waals surface area contributed by atoms with E-state index in [0.29, 0.717) is 6.42 Å². The molecule has 20 heavy (non-hydrogen) atoms. The molecule has 110 valence electrons. The van der Waals surface area contributed by atoms with Crippen LogP contribution in [0.2, 0.25) is 10.3 Å². The van der Waals surface area contributed by atoms with Gasteiger partial charge in [-0.15, -0.1) is 10.2 Å². The number of nitrogens with zero attached hydrogens (tertiary/aromatic N) is 2. The van der Waals surface area contributed by atoms with Gasteiger partial charge in [-0.05, 0) is 18.4 Å². The maximum atomic E-state index is 12.1. The molecular formula is C12H16Cl2N4O2. The molecule has 0 aromatic carbocycles. The lowest BCUT2D eigenvalue weighted by molar-refractivity contribution is -0.122. The van der Waals surface area contributed by atoms with Gasteiger partial charge in [0.1, 0.15) is 6.04 Å². The predicted octanol–water partition coefficient (Wildman–Crippen LogP) is 1.67. The quantitative estimate of drug-likeness (QED) is 0.865. The number of likely N-dealkylation sites (N-methyl/N-ethyl adjacent to an activating group) is 1. The van der Waals surface area contributed by atoms with Gasteiger partial charge in [0, 0.05) is 7.05 Å². The highest BCUT2D eigenvalue weighted by Gasteiger charge is 2.23. The molecule has 0 bridgehead atoms. The van der Waals surface area contributed by atoms with E-state index in [-0.39, 0.29) is 27.7 Å². The van der Waals surface area contributed by atoms with E-state index in [0.717, 1.165) is 0 Å². The minimum Gasteiger partial charge on any atom is -0.357 e. The van der Waals surface area contributed by atoms with Crippen molar-refractivity contribution in [1.29, 1.82) is 0 Å². The SMILES string of the molecule is CNC(=O)C(CC(C)C)NC(=O)c1cc(Cl)nnc1Cl. The molecule has 0 saturated carbocycles. The molecule has 1 aromatic heterocycles. The Kier molecular flexibility index (Phi) is 6.16. The fraction of sp³-hybridized carbons (Fsp3) is 0.500. The molecule has 1 rings (SSSR count). The molecular weight excluding hydrogens is 303 g/mol. The summed E-state index contributed by atoms with van der Waals surface area (Å²) in [6.45, 7) is 3.92. The van der Waals surface area contributed by atoms with Crippen molar-refractivity contribution in [3.05, 3.63) is 21.9 Å². The highest BCUT2D eigenvalue weighted by atomic mass is 35.5. The Morgan fingerprint density at radius 2 is 1.95 bits per heavy atom. The van der Waals surface area contributed by atoms with E-state index in [2.05, 4.69) is 20.8 Å². The van der Waals surface area contributed by atoms with Crippen molar-refractivity contribution >= 4 is 35.0 Å². The average molecular weight is 319 g/mol. The first-order valence-electron chi connectivity index (χ1n) is 6.06.